The summed E-state index contributed by atoms with van der Waals surface area (Å²) in [6, 6.07) is 12.3. The molecule has 0 bridgehead atoms. The Morgan fingerprint density at radius 3 is 2.61 bits per heavy atom. The van der Waals surface area contributed by atoms with Gasteiger partial charge in [0.25, 0.3) is 0 Å². The number of rotatable bonds is 4. The molecule has 0 saturated heterocycles. The van der Waals surface area contributed by atoms with Gasteiger partial charge in [-0.05, 0) is 58.7 Å². The van der Waals surface area contributed by atoms with Crippen LogP contribution in [0.5, 0.6) is 11.5 Å². The van der Waals surface area contributed by atoms with Gasteiger partial charge in [-0.1, -0.05) is 12.1 Å². The van der Waals surface area contributed by atoms with E-state index in [0.29, 0.717) is 22.5 Å². The van der Waals surface area contributed by atoms with Crippen molar-refractivity contribution in [3.05, 3.63) is 58.3 Å². The van der Waals surface area contributed by atoms with E-state index in [1.807, 2.05) is 24.3 Å². The van der Waals surface area contributed by atoms with Gasteiger partial charge in [-0.3, -0.25) is 0 Å². The lowest BCUT2D eigenvalue weighted by atomic mass is 10.1. The highest BCUT2D eigenvalue weighted by atomic mass is 79.9. The number of benzene rings is 2. The summed E-state index contributed by atoms with van der Waals surface area (Å²) in [6.45, 7) is 0.594. The largest absolute Gasteiger partial charge is 0.457 e. The third-order valence-electron chi connectivity index (χ3n) is 2.46. The average molecular weight is 310 g/mol. The Morgan fingerprint density at radius 1 is 1.11 bits per heavy atom. The molecule has 0 heterocycles. The van der Waals surface area contributed by atoms with Crippen LogP contribution in [0, 0.1) is 5.82 Å². The second kappa shape index (κ2) is 5.98. The maximum absolute atomic E-state index is 13.3. The summed E-state index contributed by atoms with van der Waals surface area (Å²) < 4.78 is 19.4. The minimum atomic E-state index is -0.342. The lowest BCUT2D eigenvalue weighted by Gasteiger charge is -2.07. The highest BCUT2D eigenvalue weighted by Crippen LogP contribution is 2.26. The second-order valence-electron chi connectivity index (χ2n) is 3.86. The van der Waals surface area contributed by atoms with Gasteiger partial charge < -0.3 is 10.5 Å². The number of hydrogen-bond donors (Lipinski definition) is 1. The fraction of sp³-hybridized carbons (Fsp3) is 0.143. The molecule has 94 valence electrons. The minimum Gasteiger partial charge on any atom is -0.457 e. The van der Waals surface area contributed by atoms with Crippen LogP contribution in [0.1, 0.15) is 5.56 Å². The zero-order chi connectivity index (χ0) is 13.0. The number of ether oxygens (including phenoxy) is 1. The molecule has 0 atom stereocenters. The lowest BCUT2D eigenvalue weighted by molar-refractivity contribution is 0.475. The molecule has 0 spiro atoms. The molecule has 4 heteroatoms. The van der Waals surface area contributed by atoms with E-state index in [2.05, 4.69) is 15.9 Å². The first-order valence-electron chi connectivity index (χ1n) is 5.61. The average Bonchev–Trinajstić information content (AvgIpc) is 2.35. The molecule has 2 aromatic carbocycles. The van der Waals surface area contributed by atoms with Crippen LogP contribution in [0.3, 0.4) is 0 Å². The van der Waals surface area contributed by atoms with E-state index < -0.39 is 0 Å². The van der Waals surface area contributed by atoms with Crippen LogP contribution >= 0.6 is 15.9 Å². The first kappa shape index (κ1) is 13.1. The van der Waals surface area contributed by atoms with Gasteiger partial charge in [-0.2, -0.15) is 0 Å². The fourth-order valence-corrected chi connectivity index (χ4v) is 1.85. The summed E-state index contributed by atoms with van der Waals surface area (Å²) in [5.41, 5.74) is 6.61. The number of nitrogens with two attached hydrogens (primary N) is 1. The van der Waals surface area contributed by atoms with Crippen molar-refractivity contribution < 1.29 is 9.13 Å². The SMILES string of the molecule is NCCc1cccc(Oc2ccc(Br)c(F)c2)c1. The quantitative estimate of drug-likeness (QED) is 0.930. The first-order chi connectivity index (χ1) is 8.69. The second-order valence-corrected chi connectivity index (χ2v) is 4.72. The smallest absolute Gasteiger partial charge is 0.141 e. The van der Waals surface area contributed by atoms with Crippen molar-refractivity contribution in [3.63, 3.8) is 0 Å². The van der Waals surface area contributed by atoms with E-state index in [1.165, 1.54) is 6.07 Å². The van der Waals surface area contributed by atoms with Crippen LogP contribution < -0.4 is 10.5 Å². The Labute approximate surface area is 114 Å². The Balaban J connectivity index is 2.17. The van der Waals surface area contributed by atoms with Crippen molar-refractivity contribution in [2.45, 2.75) is 6.42 Å². The fourth-order valence-electron chi connectivity index (χ4n) is 1.61. The van der Waals surface area contributed by atoms with E-state index in [-0.39, 0.29) is 5.82 Å². The van der Waals surface area contributed by atoms with Gasteiger partial charge in [0, 0.05) is 6.07 Å². The molecule has 0 amide bonds. The van der Waals surface area contributed by atoms with E-state index in [0.717, 1.165) is 12.0 Å². The van der Waals surface area contributed by atoms with Crippen LogP contribution in [0.15, 0.2) is 46.9 Å². The molecule has 0 unspecified atom stereocenters. The molecule has 0 aromatic heterocycles. The van der Waals surface area contributed by atoms with Gasteiger partial charge in [0.15, 0.2) is 0 Å². The normalized spacial score (nSPS) is 10.4. The summed E-state index contributed by atoms with van der Waals surface area (Å²) in [7, 11) is 0. The van der Waals surface area contributed by atoms with Crippen LogP contribution in [0.2, 0.25) is 0 Å². The summed E-state index contributed by atoms with van der Waals surface area (Å²) in [4.78, 5) is 0. The van der Waals surface area contributed by atoms with Gasteiger partial charge in [0.1, 0.15) is 17.3 Å². The molecule has 2 N–H and O–H groups in total. The van der Waals surface area contributed by atoms with E-state index in [9.17, 15) is 4.39 Å². The minimum absolute atomic E-state index is 0.342. The molecule has 0 saturated carbocycles. The Morgan fingerprint density at radius 2 is 1.89 bits per heavy atom. The van der Waals surface area contributed by atoms with Crippen LogP contribution in [0.4, 0.5) is 4.39 Å². The van der Waals surface area contributed by atoms with Crippen molar-refractivity contribution in [1.82, 2.24) is 0 Å². The summed E-state index contributed by atoms with van der Waals surface area (Å²) in [5, 5.41) is 0. The molecular formula is C14H13BrFNO. The van der Waals surface area contributed by atoms with Crippen LogP contribution in [-0.2, 0) is 6.42 Å². The number of halogens is 2. The monoisotopic (exact) mass is 309 g/mol. The maximum atomic E-state index is 13.3. The Hall–Kier alpha value is -1.39. The third kappa shape index (κ3) is 3.31. The molecule has 0 aliphatic carbocycles. The van der Waals surface area contributed by atoms with Gasteiger partial charge in [0.05, 0.1) is 4.47 Å². The summed E-state index contributed by atoms with van der Waals surface area (Å²) in [5.74, 6) is 0.814. The molecule has 0 fully saturated rings. The van der Waals surface area contributed by atoms with Gasteiger partial charge >= 0.3 is 0 Å². The lowest BCUT2D eigenvalue weighted by Crippen LogP contribution is -2.02. The zero-order valence-corrected chi connectivity index (χ0v) is 11.3. The summed E-state index contributed by atoms with van der Waals surface area (Å²) in [6.07, 6.45) is 0.798. The van der Waals surface area contributed by atoms with E-state index >= 15 is 0 Å². The molecule has 2 rings (SSSR count). The van der Waals surface area contributed by atoms with Gasteiger partial charge in [0.2, 0.25) is 0 Å². The Bertz CT molecular complexity index is 545. The van der Waals surface area contributed by atoms with Crippen LogP contribution in [-0.4, -0.2) is 6.54 Å². The maximum Gasteiger partial charge on any atom is 0.141 e. The van der Waals surface area contributed by atoms with Crippen molar-refractivity contribution in [2.75, 3.05) is 6.54 Å². The molecule has 0 aliphatic rings. The van der Waals surface area contributed by atoms with Crippen molar-refractivity contribution >= 4 is 15.9 Å². The third-order valence-corrected chi connectivity index (χ3v) is 3.10. The molecule has 2 nitrogen and oxygen atoms in total. The van der Waals surface area contributed by atoms with Crippen molar-refractivity contribution in [3.8, 4) is 11.5 Å². The molecule has 0 aliphatic heterocycles. The summed E-state index contributed by atoms with van der Waals surface area (Å²) >= 11 is 3.10. The highest BCUT2D eigenvalue weighted by molar-refractivity contribution is 9.10. The van der Waals surface area contributed by atoms with E-state index in [1.54, 1.807) is 12.1 Å². The van der Waals surface area contributed by atoms with Crippen LogP contribution in [0.25, 0.3) is 0 Å². The predicted molar refractivity (Wildman–Crippen MR) is 73.4 cm³/mol. The van der Waals surface area contributed by atoms with Crippen molar-refractivity contribution in [1.29, 1.82) is 0 Å². The molecule has 18 heavy (non-hydrogen) atoms. The highest BCUT2D eigenvalue weighted by Gasteiger charge is 2.03. The molecular weight excluding hydrogens is 297 g/mol. The topological polar surface area (TPSA) is 35.2 Å². The predicted octanol–water partition coefficient (Wildman–Crippen LogP) is 3.88. The van der Waals surface area contributed by atoms with Crippen molar-refractivity contribution in [2.24, 2.45) is 5.73 Å². The molecule has 0 radical (unpaired) electrons. The standard InChI is InChI=1S/C14H13BrFNO/c15-13-5-4-12(9-14(13)16)18-11-3-1-2-10(8-11)6-7-17/h1-5,8-9H,6-7,17H2. The van der Waals surface area contributed by atoms with Gasteiger partial charge in [-0.25, -0.2) is 4.39 Å². The van der Waals surface area contributed by atoms with Gasteiger partial charge in [-0.15, -0.1) is 0 Å². The number of hydrogen-bond acceptors (Lipinski definition) is 2. The Kier molecular flexibility index (Phi) is 4.33. The molecule has 2 aromatic rings. The van der Waals surface area contributed by atoms with E-state index in [4.69, 9.17) is 10.5 Å². The first-order valence-corrected chi connectivity index (χ1v) is 6.40. The zero-order valence-electron chi connectivity index (χ0n) is 9.70.